The van der Waals surface area contributed by atoms with Gasteiger partial charge in [-0.05, 0) is 24.1 Å². The maximum atomic E-state index is 5.93. The summed E-state index contributed by atoms with van der Waals surface area (Å²) in [6.45, 7) is 2.73. The average molecular weight is 208 g/mol. The summed E-state index contributed by atoms with van der Waals surface area (Å²) in [4.78, 5) is 0. The first-order chi connectivity index (χ1) is 6.75. The van der Waals surface area contributed by atoms with Crippen LogP contribution in [0.3, 0.4) is 0 Å². The fourth-order valence-corrected chi connectivity index (χ4v) is 1.43. The highest BCUT2D eigenvalue weighted by molar-refractivity contribution is 6.31. The summed E-state index contributed by atoms with van der Waals surface area (Å²) in [5.41, 5.74) is 2.27. The molecule has 0 fully saturated rings. The molecule has 0 aliphatic carbocycles. The van der Waals surface area contributed by atoms with Gasteiger partial charge in [-0.25, -0.2) is 4.68 Å². The Morgan fingerprint density at radius 3 is 2.93 bits per heavy atom. The second-order valence-corrected chi connectivity index (χ2v) is 3.59. The third kappa shape index (κ3) is 1.93. The van der Waals surface area contributed by atoms with Gasteiger partial charge in [0.05, 0.1) is 12.7 Å². The summed E-state index contributed by atoms with van der Waals surface area (Å²) in [5.74, 6) is 0. The number of hydrogen-bond acceptors (Lipinski definition) is 2. The van der Waals surface area contributed by atoms with Crippen LogP contribution in [0.1, 0.15) is 11.1 Å². The molecular weight excluding hydrogens is 198 g/mol. The molecule has 1 aromatic heterocycles. The summed E-state index contributed by atoms with van der Waals surface area (Å²) in [7, 11) is 0. The predicted molar refractivity (Wildman–Crippen MR) is 55.3 cm³/mol. The summed E-state index contributed by atoms with van der Waals surface area (Å²) >= 11 is 5.93. The predicted octanol–water partition coefficient (Wildman–Crippen LogP) is 2.29. The second-order valence-electron chi connectivity index (χ2n) is 3.18. The molecule has 1 aromatic carbocycles. The van der Waals surface area contributed by atoms with Crippen LogP contribution >= 0.6 is 11.6 Å². The van der Waals surface area contributed by atoms with Crippen LogP contribution in [0.4, 0.5) is 0 Å². The molecular formula is C10H10ClN3. The van der Waals surface area contributed by atoms with E-state index in [0.29, 0.717) is 0 Å². The van der Waals surface area contributed by atoms with Crippen molar-refractivity contribution in [1.29, 1.82) is 0 Å². The third-order valence-corrected chi connectivity index (χ3v) is 2.46. The van der Waals surface area contributed by atoms with Crippen molar-refractivity contribution < 1.29 is 0 Å². The number of nitrogens with zero attached hydrogens (tertiary/aromatic N) is 3. The first-order valence-corrected chi connectivity index (χ1v) is 4.72. The van der Waals surface area contributed by atoms with Gasteiger partial charge in [-0.2, -0.15) is 0 Å². The van der Waals surface area contributed by atoms with Gasteiger partial charge in [0.25, 0.3) is 0 Å². The Morgan fingerprint density at radius 2 is 2.29 bits per heavy atom. The largest absolute Gasteiger partial charge is 0.248 e. The van der Waals surface area contributed by atoms with E-state index in [1.165, 1.54) is 5.56 Å². The maximum Gasteiger partial charge on any atom is 0.0693 e. The molecule has 14 heavy (non-hydrogen) atoms. The van der Waals surface area contributed by atoms with Gasteiger partial charge < -0.3 is 0 Å². The number of aryl methyl sites for hydroxylation is 1. The molecule has 2 aromatic rings. The molecule has 0 N–H and O–H groups in total. The molecule has 72 valence electrons. The van der Waals surface area contributed by atoms with E-state index in [4.69, 9.17) is 11.6 Å². The van der Waals surface area contributed by atoms with Gasteiger partial charge >= 0.3 is 0 Å². The smallest absolute Gasteiger partial charge is 0.0693 e. The monoisotopic (exact) mass is 207 g/mol. The molecule has 0 radical (unpaired) electrons. The number of rotatable bonds is 2. The lowest BCUT2D eigenvalue weighted by Crippen LogP contribution is -2.00. The van der Waals surface area contributed by atoms with E-state index in [0.717, 1.165) is 17.1 Å². The number of hydrogen-bond donors (Lipinski definition) is 0. The molecule has 2 rings (SSSR count). The lowest BCUT2D eigenvalue weighted by atomic mass is 10.1. The lowest BCUT2D eigenvalue weighted by molar-refractivity contribution is 0.649. The van der Waals surface area contributed by atoms with Crippen molar-refractivity contribution in [3.8, 4) is 0 Å². The second kappa shape index (κ2) is 3.80. The highest BCUT2D eigenvalue weighted by Crippen LogP contribution is 2.16. The molecule has 3 nitrogen and oxygen atoms in total. The molecule has 0 atom stereocenters. The number of halogens is 1. The zero-order chi connectivity index (χ0) is 9.97. The minimum Gasteiger partial charge on any atom is -0.248 e. The summed E-state index contributed by atoms with van der Waals surface area (Å²) < 4.78 is 1.78. The van der Waals surface area contributed by atoms with Crippen molar-refractivity contribution in [2.24, 2.45) is 0 Å². The fourth-order valence-electron chi connectivity index (χ4n) is 1.31. The van der Waals surface area contributed by atoms with E-state index < -0.39 is 0 Å². The molecule has 1 heterocycles. The van der Waals surface area contributed by atoms with Crippen molar-refractivity contribution in [3.63, 3.8) is 0 Å². The molecule has 0 aliphatic heterocycles. The van der Waals surface area contributed by atoms with Crippen molar-refractivity contribution >= 4 is 11.6 Å². The van der Waals surface area contributed by atoms with Crippen LogP contribution in [0.5, 0.6) is 0 Å². The Labute approximate surface area is 87.3 Å². The summed E-state index contributed by atoms with van der Waals surface area (Å²) in [6.07, 6.45) is 3.51. The quantitative estimate of drug-likeness (QED) is 0.757. The summed E-state index contributed by atoms with van der Waals surface area (Å²) in [5, 5.41) is 8.44. The summed E-state index contributed by atoms with van der Waals surface area (Å²) in [6, 6.07) is 5.96. The highest BCUT2D eigenvalue weighted by Gasteiger charge is 1.98. The van der Waals surface area contributed by atoms with Gasteiger partial charge in [0, 0.05) is 11.2 Å². The first kappa shape index (κ1) is 9.21. The molecule has 0 spiro atoms. The average Bonchev–Trinajstić information content (AvgIpc) is 2.64. The van der Waals surface area contributed by atoms with Crippen molar-refractivity contribution in [1.82, 2.24) is 15.0 Å². The Bertz CT molecular complexity index is 423. The fraction of sp³-hybridized carbons (Fsp3) is 0.200. The number of benzene rings is 1. The van der Waals surface area contributed by atoms with Crippen LogP contribution in [0.25, 0.3) is 0 Å². The van der Waals surface area contributed by atoms with Gasteiger partial charge in [-0.15, -0.1) is 5.10 Å². The molecule has 0 saturated heterocycles. The normalized spacial score (nSPS) is 10.4. The van der Waals surface area contributed by atoms with E-state index >= 15 is 0 Å². The van der Waals surface area contributed by atoms with E-state index in [1.807, 2.05) is 25.3 Å². The van der Waals surface area contributed by atoms with Gasteiger partial charge in [0.1, 0.15) is 0 Å². The van der Waals surface area contributed by atoms with Gasteiger partial charge in [0.15, 0.2) is 0 Å². The Morgan fingerprint density at radius 1 is 1.43 bits per heavy atom. The van der Waals surface area contributed by atoms with Gasteiger partial charge in [-0.3, -0.25) is 0 Å². The van der Waals surface area contributed by atoms with Crippen molar-refractivity contribution in [3.05, 3.63) is 46.7 Å². The van der Waals surface area contributed by atoms with Gasteiger partial charge in [0.2, 0.25) is 0 Å². The van der Waals surface area contributed by atoms with Crippen LogP contribution in [-0.2, 0) is 6.54 Å². The van der Waals surface area contributed by atoms with Crippen LogP contribution in [-0.4, -0.2) is 15.0 Å². The van der Waals surface area contributed by atoms with E-state index in [2.05, 4.69) is 16.4 Å². The van der Waals surface area contributed by atoms with E-state index in [-0.39, 0.29) is 0 Å². The lowest BCUT2D eigenvalue weighted by Gasteiger charge is -2.03. The Hall–Kier alpha value is -1.35. The van der Waals surface area contributed by atoms with Crippen LogP contribution in [0.2, 0.25) is 5.02 Å². The molecule has 0 saturated carbocycles. The van der Waals surface area contributed by atoms with Crippen LogP contribution in [0.15, 0.2) is 30.6 Å². The Balaban J connectivity index is 2.22. The maximum absolute atomic E-state index is 5.93. The zero-order valence-electron chi connectivity index (χ0n) is 7.81. The Kier molecular flexibility index (Phi) is 2.50. The van der Waals surface area contributed by atoms with Crippen molar-refractivity contribution in [2.45, 2.75) is 13.5 Å². The van der Waals surface area contributed by atoms with E-state index in [9.17, 15) is 0 Å². The van der Waals surface area contributed by atoms with Gasteiger partial charge in [-0.1, -0.05) is 28.9 Å². The molecule has 0 unspecified atom stereocenters. The topological polar surface area (TPSA) is 30.7 Å². The molecule has 4 heteroatoms. The minimum atomic E-state index is 0.734. The van der Waals surface area contributed by atoms with Crippen LogP contribution < -0.4 is 0 Å². The first-order valence-electron chi connectivity index (χ1n) is 4.35. The van der Waals surface area contributed by atoms with Crippen molar-refractivity contribution in [2.75, 3.05) is 0 Å². The molecule has 0 aliphatic rings. The SMILES string of the molecule is Cc1cc(Cn2ccnn2)ccc1Cl. The molecule has 0 bridgehead atoms. The van der Waals surface area contributed by atoms with Crippen LogP contribution in [0, 0.1) is 6.92 Å². The third-order valence-electron chi connectivity index (χ3n) is 2.04. The number of aromatic nitrogens is 3. The highest BCUT2D eigenvalue weighted by atomic mass is 35.5. The zero-order valence-corrected chi connectivity index (χ0v) is 8.57. The van der Waals surface area contributed by atoms with E-state index in [1.54, 1.807) is 10.9 Å². The molecule has 0 amide bonds. The minimum absolute atomic E-state index is 0.734. The standard InChI is InChI=1S/C10H10ClN3/c1-8-6-9(2-3-10(8)11)7-14-5-4-12-13-14/h2-6H,7H2,1H3.